The van der Waals surface area contributed by atoms with E-state index in [1.165, 1.54) is 6.33 Å². The number of anilines is 1. The number of ether oxygens (including phenoxy) is 1. The highest BCUT2D eigenvalue weighted by Gasteiger charge is 2.22. The Morgan fingerprint density at radius 1 is 1.15 bits per heavy atom. The fourth-order valence-corrected chi connectivity index (χ4v) is 4.32. The minimum atomic E-state index is -0.247. The number of aromatic nitrogens is 4. The molecule has 8 nitrogen and oxygen atoms in total. The van der Waals surface area contributed by atoms with Crippen LogP contribution in [-0.4, -0.2) is 45.1 Å². The Bertz CT molecular complexity index is 1320. The second-order valence-electron chi connectivity index (χ2n) is 8.05. The molecule has 1 atom stereocenters. The van der Waals surface area contributed by atoms with Gasteiger partial charge in [0.2, 0.25) is 0 Å². The molecule has 1 aromatic carbocycles. The van der Waals surface area contributed by atoms with E-state index < -0.39 is 0 Å². The number of benzene rings is 1. The van der Waals surface area contributed by atoms with Crippen molar-refractivity contribution >= 4 is 45.1 Å². The van der Waals surface area contributed by atoms with Crippen molar-refractivity contribution in [2.75, 3.05) is 18.5 Å². The molecule has 1 saturated heterocycles. The Labute approximate surface area is 195 Å². The average molecular weight is 463 g/mol. The van der Waals surface area contributed by atoms with Gasteiger partial charge in [0.25, 0.3) is 5.91 Å². The van der Waals surface area contributed by atoms with E-state index in [1.807, 2.05) is 37.3 Å². The first kappa shape index (κ1) is 21.5. The maximum atomic E-state index is 13.3. The van der Waals surface area contributed by atoms with Gasteiger partial charge < -0.3 is 15.4 Å². The maximum absolute atomic E-state index is 13.3. The number of amides is 1. The van der Waals surface area contributed by atoms with Crippen LogP contribution in [0, 0.1) is 0 Å². The topological polar surface area (TPSA) is 102 Å². The van der Waals surface area contributed by atoms with Crippen LogP contribution in [0.1, 0.15) is 42.0 Å². The number of nitrogens with one attached hydrogen (secondary N) is 2. The van der Waals surface area contributed by atoms with Crippen molar-refractivity contribution in [1.29, 1.82) is 0 Å². The van der Waals surface area contributed by atoms with E-state index in [0.717, 1.165) is 23.7 Å². The SMILES string of the molecule is CC(Nc1ncnc2cccnc12)c1cc2cccc(Cl)c2c(C(=O)NC2CCOCC2)n1. The van der Waals surface area contributed by atoms with Gasteiger partial charge in [0, 0.05) is 30.8 Å². The number of halogens is 1. The standard InChI is InChI=1S/C24H23ClN6O2/c1-14(29-23-21-18(27-13-28-23)6-3-9-26-21)19-12-15-4-2-5-17(25)20(15)22(31-19)24(32)30-16-7-10-33-11-8-16/h2-6,9,12-14,16H,7-8,10-11H2,1H3,(H,30,32)(H,27,28,29). The van der Waals surface area contributed by atoms with Gasteiger partial charge in [0.15, 0.2) is 5.82 Å². The number of hydrogen-bond donors (Lipinski definition) is 2. The number of fused-ring (bicyclic) bond motifs is 2. The number of carbonyl (C=O) groups is 1. The van der Waals surface area contributed by atoms with Crippen LogP contribution in [0.4, 0.5) is 5.82 Å². The van der Waals surface area contributed by atoms with Crippen molar-refractivity contribution < 1.29 is 9.53 Å². The van der Waals surface area contributed by atoms with Crippen molar-refractivity contribution in [1.82, 2.24) is 25.3 Å². The maximum Gasteiger partial charge on any atom is 0.270 e. The molecule has 2 N–H and O–H groups in total. The molecule has 4 heterocycles. The zero-order chi connectivity index (χ0) is 22.8. The molecule has 1 unspecified atom stereocenters. The Hall–Kier alpha value is -3.36. The molecule has 1 fully saturated rings. The summed E-state index contributed by atoms with van der Waals surface area (Å²) < 4.78 is 5.40. The van der Waals surface area contributed by atoms with Gasteiger partial charge in [0.05, 0.1) is 22.3 Å². The Kier molecular flexibility index (Phi) is 6.02. The van der Waals surface area contributed by atoms with Crippen LogP contribution in [0.5, 0.6) is 0 Å². The molecule has 1 aliphatic rings. The van der Waals surface area contributed by atoms with E-state index in [0.29, 0.717) is 46.3 Å². The summed E-state index contributed by atoms with van der Waals surface area (Å²) in [5.74, 6) is 0.373. The molecule has 0 aliphatic carbocycles. The smallest absolute Gasteiger partial charge is 0.270 e. The van der Waals surface area contributed by atoms with E-state index >= 15 is 0 Å². The molecule has 1 aliphatic heterocycles. The molecule has 3 aromatic heterocycles. The molecule has 4 aromatic rings. The Balaban J connectivity index is 1.51. The summed E-state index contributed by atoms with van der Waals surface area (Å²) in [7, 11) is 0. The van der Waals surface area contributed by atoms with E-state index in [-0.39, 0.29) is 18.0 Å². The fourth-order valence-electron chi connectivity index (χ4n) is 4.05. The first-order chi connectivity index (χ1) is 16.1. The highest BCUT2D eigenvalue weighted by molar-refractivity contribution is 6.36. The van der Waals surface area contributed by atoms with Gasteiger partial charge in [-0.25, -0.2) is 15.0 Å². The summed E-state index contributed by atoms with van der Waals surface area (Å²) in [5.41, 5.74) is 2.44. The lowest BCUT2D eigenvalue weighted by molar-refractivity contribution is 0.0695. The summed E-state index contributed by atoms with van der Waals surface area (Å²) in [5, 5.41) is 8.47. The van der Waals surface area contributed by atoms with Crippen LogP contribution in [0.25, 0.3) is 21.8 Å². The van der Waals surface area contributed by atoms with Crippen molar-refractivity contribution in [3.05, 3.63) is 65.3 Å². The second kappa shape index (κ2) is 9.25. The third kappa shape index (κ3) is 4.44. The van der Waals surface area contributed by atoms with Crippen LogP contribution in [0.2, 0.25) is 5.02 Å². The largest absolute Gasteiger partial charge is 0.381 e. The molecular formula is C24H23ClN6O2. The minimum absolute atomic E-state index is 0.0586. The van der Waals surface area contributed by atoms with Gasteiger partial charge in [-0.1, -0.05) is 23.7 Å². The molecule has 9 heteroatoms. The quantitative estimate of drug-likeness (QED) is 0.455. The van der Waals surface area contributed by atoms with Gasteiger partial charge in [-0.3, -0.25) is 9.78 Å². The van der Waals surface area contributed by atoms with Gasteiger partial charge in [-0.05, 0) is 49.4 Å². The predicted octanol–water partition coefficient (Wildman–Crippen LogP) is 4.31. The van der Waals surface area contributed by atoms with Gasteiger partial charge in [-0.15, -0.1) is 0 Å². The lowest BCUT2D eigenvalue weighted by Crippen LogP contribution is -2.39. The van der Waals surface area contributed by atoms with Crippen LogP contribution in [-0.2, 0) is 4.74 Å². The summed E-state index contributed by atoms with van der Waals surface area (Å²) in [6.45, 7) is 3.25. The van der Waals surface area contributed by atoms with Crippen LogP contribution in [0.3, 0.4) is 0 Å². The van der Waals surface area contributed by atoms with Gasteiger partial charge >= 0.3 is 0 Å². The predicted molar refractivity (Wildman–Crippen MR) is 127 cm³/mol. The zero-order valence-electron chi connectivity index (χ0n) is 18.1. The van der Waals surface area contributed by atoms with Crippen molar-refractivity contribution in [3.8, 4) is 0 Å². The number of rotatable bonds is 5. The van der Waals surface area contributed by atoms with Crippen LogP contribution < -0.4 is 10.6 Å². The van der Waals surface area contributed by atoms with E-state index in [4.69, 9.17) is 21.3 Å². The molecule has 5 rings (SSSR count). The first-order valence-corrected chi connectivity index (χ1v) is 11.3. The number of carbonyl (C=O) groups excluding carboxylic acids is 1. The number of hydrogen-bond acceptors (Lipinski definition) is 7. The van der Waals surface area contributed by atoms with Crippen molar-refractivity contribution in [2.45, 2.75) is 31.8 Å². The van der Waals surface area contributed by atoms with Crippen LogP contribution in [0.15, 0.2) is 48.9 Å². The highest BCUT2D eigenvalue weighted by Crippen LogP contribution is 2.30. The monoisotopic (exact) mass is 462 g/mol. The van der Waals surface area contributed by atoms with Gasteiger partial charge in [-0.2, -0.15) is 0 Å². The van der Waals surface area contributed by atoms with Crippen LogP contribution >= 0.6 is 11.6 Å². The number of nitrogens with zero attached hydrogens (tertiary/aromatic N) is 4. The fraction of sp³-hybridized carbons (Fsp3) is 0.292. The normalized spacial score (nSPS) is 15.5. The minimum Gasteiger partial charge on any atom is -0.381 e. The molecule has 0 radical (unpaired) electrons. The summed E-state index contributed by atoms with van der Waals surface area (Å²) in [4.78, 5) is 31.0. The summed E-state index contributed by atoms with van der Waals surface area (Å²) in [6, 6.07) is 11.1. The highest BCUT2D eigenvalue weighted by atomic mass is 35.5. The van der Waals surface area contributed by atoms with E-state index in [2.05, 4.69) is 25.6 Å². The molecule has 1 amide bonds. The lowest BCUT2D eigenvalue weighted by Gasteiger charge is -2.23. The summed E-state index contributed by atoms with van der Waals surface area (Å²) in [6.07, 6.45) is 4.77. The van der Waals surface area contributed by atoms with Crippen molar-refractivity contribution in [3.63, 3.8) is 0 Å². The Morgan fingerprint density at radius 3 is 2.85 bits per heavy atom. The lowest BCUT2D eigenvalue weighted by atomic mass is 10.0. The molecule has 168 valence electrons. The molecule has 0 spiro atoms. The van der Waals surface area contributed by atoms with E-state index in [1.54, 1.807) is 12.3 Å². The molecular weight excluding hydrogens is 440 g/mol. The summed E-state index contributed by atoms with van der Waals surface area (Å²) >= 11 is 6.50. The zero-order valence-corrected chi connectivity index (χ0v) is 18.8. The first-order valence-electron chi connectivity index (χ1n) is 10.9. The second-order valence-corrected chi connectivity index (χ2v) is 8.46. The van der Waals surface area contributed by atoms with Gasteiger partial charge in [0.1, 0.15) is 17.5 Å². The van der Waals surface area contributed by atoms with Crippen molar-refractivity contribution in [2.24, 2.45) is 0 Å². The number of pyridine rings is 2. The third-order valence-corrected chi connectivity index (χ3v) is 6.10. The average Bonchev–Trinajstić information content (AvgIpc) is 2.84. The Morgan fingerprint density at radius 2 is 2.00 bits per heavy atom. The van der Waals surface area contributed by atoms with E-state index in [9.17, 15) is 4.79 Å². The molecule has 0 bridgehead atoms. The molecule has 0 saturated carbocycles. The molecule has 33 heavy (non-hydrogen) atoms. The third-order valence-electron chi connectivity index (χ3n) is 5.79.